The number of anilines is 2. The minimum absolute atomic E-state index is 0.147. The summed E-state index contributed by atoms with van der Waals surface area (Å²) in [5, 5.41) is 11.0. The van der Waals surface area contributed by atoms with Gasteiger partial charge in [-0.15, -0.1) is 0 Å². The van der Waals surface area contributed by atoms with Gasteiger partial charge in [0.25, 0.3) is 5.91 Å². The Morgan fingerprint density at radius 3 is 2.78 bits per heavy atom. The number of fused-ring (bicyclic) bond motifs is 1. The molecule has 1 fully saturated rings. The highest BCUT2D eigenvalue weighted by Gasteiger charge is 2.36. The van der Waals surface area contributed by atoms with Crippen LogP contribution < -0.4 is 11.1 Å². The highest BCUT2D eigenvalue weighted by molar-refractivity contribution is 6.04. The highest BCUT2D eigenvalue weighted by atomic mass is 19.4. The van der Waals surface area contributed by atoms with Crippen molar-refractivity contribution < 1.29 is 18.0 Å². The smallest absolute Gasteiger partial charge is 0.382 e. The van der Waals surface area contributed by atoms with E-state index in [-0.39, 0.29) is 22.6 Å². The summed E-state index contributed by atoms with van der Waals surface area (Å²) in [6.07, 6.45) is 2.15. The second-order valence-electron chi connectivity index (χ2n) is 7.78. The van der Waals surface area contributed by atoms with E-state index in [0.29, 0.717) is 17.2 Å². The van der Waals surface area contributed by atoms with E-state index in [1.165, 1.54) is 18.9 Å². The molecule has 0 saturated heterocycles. The molecule has 1 aliphatic rings. The summed E-state index contributed by atoms with van der Waals surface area (Å²) in [7, 11) is 0. The Kier molecular flexibility index (Phi) is 4.61. The molecule has 0 unspecified atom stereocenters. The van der Waals surface area contributed by atoms with E-state index < -0.39 is 17.6 Å². The van der Waals surface area contributed by atoms with Crippen LogP contribution >= 0.6 is 0 Å². The molecule has 4 aromatic rings. The molecule has 164 valence electrons. The minimum atomic E-state index is -4.64. The Balaban J connectivity index is 1.46. The lowest BCUT2D eigenvalue weighted by atomic mass is 10.1. The molecule has 1 aliphatic carbocycles. The fraction of sp³-hybridized carbons (Fsp3) is 0.238. The molecular formula is C21H18F3N7O. The number of hydrogen-bond acceptors (Lipinski definition) is 5. The molecule has 3 N–H and O–H groups in total. The quantitative estimate of drug-likeness (QED) is 0.490. The average molecular weight is 441 g/mol. The highest BCUT2D eigenvalue weighted by Crippen LogP contribution is 2.38. The number of carbonyl (C=O) groups is 1. The lowest BCUT2D eigenvalue weighted by Gasteiger charge is -2.07. The molecule has 0 spiro atoms. The third-order valence-corrected chi connectivity index (χ3v) is 5.34. The maximum absolute atomic E-state index is 13.6. The average Bonchev–Trinajstić information content (AvgIpc) is 3.29. The maximum Gasteiger partial charge on any atom is 0.418 e. The minimum Gasteiger partial charge on any atom is -0.382 e. The Bertz CT molecular complexity index is 1320. The summed E-state index contributed by atoms with van der Waals surface area (Å²) in [6.45, 7) is 0.819. The van der Waals surface area contributed by atoms with Gasteiger partial charge < -0.3 is 11.1 Å². The van der Waals surface area contributed by atoms with Crippen molar-refractivity contribution in [3.63, 3.8) is 0 Å². The second-order valence-corrected chi connectivity index (χ2v) is 7.78. The van der Waals surface area contributed by atoms with Gasteiger partial charge in [0.15, 0.2) is 5.82 Å². The van der Waals surface area contributed by atoms with Gasteiger partial charge in [0, 0.05) is 23.9 Å². The number of benzene rings is 1. The summed E-state index contributed by atoms with van der Waals surface area (Å²) in [5.74, 6) is -0.0361. The SMILES string of the molecule is Nc1ncnn2c(-c3cccc(C(=O)Nc4cnn(CC5CC5)c4)c3)cc(C(F)(F)F)c12. The predicted molar refractivity (Wildman–Crippen MR) is 111 cm³/mol. The fourth-order valence-electron chi connectivity index (χ4n) is 3.61. The van der Waals surface area contributed by atoms with Crippen LogP contribution in [0, 0.1) is 5.92 Å². The summed E-state index contributed by atoms with van der Waals surface area (Å²) in [4.78, 5) is 16.4. The van der Waals surface area contributed by atoms with Gasteiger partial charge in [0.1, 0.15) is 11.8 Å². The third-order valence-electron chi connectivity index (χ3n) is 5.34. The van der Waals surface area contributed by atoms with Crippen molar-refractivity contribution in [3.8, 4) is 11.3 Å². The molecule has 3 heterocycles. The van der Waals surface area contributed by atoms with Crippen molar-refractivity contribution >= 4 is 22.9 Å². The Morgan fingerprint density at radius 2 is 2.03 bits per heavy atom. The van der Waals surface area contributed by atoms with Crippen LogP contribution in [0.15, 0.2) is 49.1 Å². The molecule has 8 nitrogen and oxygen atoms in total. The number of nitrogen functional groups attached to an aromatic ring is 1. The van der Waals surface area contributed by atoms with Gasteiger partial charge in [-0.1, -0.05) is 12.1 Å². The molecule has 1 saturated carbocycles. The van der Waals surface area contributed by atoms with Crippen LogP contribution in [-0.2, 0) is 12.7 Å². The maximum atomic E-state index is 13.6. The lowest BCUT2D eigenvalue weighted by Crippen LogP contribution is -2.11. The number of nitrogens with zero attached hydrogens (tertiary/aromatic N) is 5. The van der Waals surface area contributed by atoms with E-state index in [0.717, 1.165) is 23.5 Å². The van der Waals surface area contributed by atoms with Crippen molar-refractivity contribution in [3.05, 3.63) is 60.2 Å². The van der Waals surface area contributed by atoms with Crippen LogP contribution in [-0.4, -0.2) is 30.3 Å². The van der Waals surface area contributed by atoms with Crippen molar-refractivity contribution in [1.29, 1.82) is 0 Å². The van der Waals surface area contributed by atoms with Crippen molar-refractivity contribution in [2.45, 2.75) is 25.6 Å². The molecule has 11 heteroatoms. The summed E-state index contributed by atoms with van der Waals surface area (Å²) in [5.41, 5.74) is 5.79. The first-order valence-electron chi connectivity index (χ1n) is 9.93. The molecule has 3 aromatic heterocycles. The van der Waals surface area contributed by atoms with Gasteiger partial charge >= 0.3 is 6.18 Å². The van der Waals surface area contributed by atoms with Gasteiger partial charge in [-0.25, -0.2) is 9.50 Å². The van der Waals surface area contributed by atoms with Gasteiger partial charge in [-0.05, 0) is 37.0 Å². The summed E-state index contributed by atoms with van der Waals surface area (Å²) >= 11 is 0. The fourth-order valence-corrected chi connectivity index (χ4v) is 3.61. The Hall–Kier alpha value is -3.89. The molecule has 1 aromatic carbocycles. The standard InChI is InChI=1S/C21H18F3N7O/c22-21(23,24)16-7-17(31-18(16)19(25)26-11-28-31)13-2-1-3-14(6-13)20(32)29-15-8-27-30(10-15)9-12-4-5-12/h1-3,6-8,10-12H,4-5,9H2,(H,29,32)(H2,25,26,28). The lowest BCUT2D eigenvalue weighted by molar-refractivity contribution is -0.136. The number of nitrogens with one attached hydrogen (secondary N) is 1. The van der Waals surface area contributed by atoms with Crippen molar-refractivity contribution in [2.75, 3.05) is 11.1 Å². The monoisotopic (exact) mass is 441 g/mol. The molecule has 1 amide bonds. The van der Waals surface area contributed by atoms with Gasteiger partial charge in [0.2, 0.25) is 0 Å². The number of amides is 1. The normalized spacial score (nSPS) is 14.1. The Labute approximate surface area is 179 Å². The molecule has 32 heavy (non-hydrogen) atoms. The van der Waals surface area contributed by atoms with Crippen LogP contribution in [0.25, 0.3) is 16.8 Å². The van der Waals surface area contributed by atoms with Crippen molar-refractivity contribution in [1.82, 2.24) is 24.4 Å². The first-order chi connectivity index (χ1) is 15.3. The molecule has 0 aliphatic heterocycles. The van der Waals surface area contributed by atoms with E-state index in [1.807, 2.05) is 0 Å². The second kappa shape index (κ2) is 7.36. The molecular weight excluding hydrogens is 423 g/mol. The topological polar surface area (TPSA) is 103 Å². The zero-order valence-electron chi connectivity index (χ0n) is 16.7. The number of carbonyl (C=O) groups excluding carboxylic acids is 1. The van der Waals surface area contributed by atoms with Gasteiger partial charge in [0.05, 0.1) is 23.1 Å². The molecule has 0 bridgehead atoms. The number of aromatic nitrogens is 5. The number of nitrogens with two attached hydrogens (primary N) is 1. The van der Waals surface area contributed by atoms with Crippen LogP contribution in [0.2, 0.25) is 0 Å². The first kappa shape index (κ1) is 20.0. The van der Waals surface area contributed by atoms with Crippen molar-refractivity contribution in [2.24, 2.45) is 5.92 Å². The molecule has 5 rings (SSSR count). The predicted octanol–water partition coefficient (Wildman–Crippen LogP) is 3.86. The van der Waals surface area contributed by atoms with Crippen LogP contribution in [0.4, 0.5) is 24.7 Å². The number of rotatable bonds is 5. The first-order valence-corrected chi connectivity index (χ1v) is 9.93. The number of halogens is 3. The summed E-state index contributed by atoms with van der Waals surface area (Å²) in [6, 6.07) is 7.24. The van der Waals surface area contributed by atoms with Gasteiger partial charge in [-0.3, -0.25) is 9.48 Å². The van der Waals surface area contributed by atoms with Crippen LogP contribution in [0.3, 0.4) is 0 Å². The summed E-state index contributed by atoms with van der Waals surface area (Å²) < 4.78 is 43.6. The molecule has 0 atom stereocenters. The van der Waals surface area contributed by atoms with Crippen LogP contribution in [0.5, 0.6) is 0 Å². The zero-order chi connectivity index (χ0) is 22.5. The zero-order valence-corrected chi connectivity index (χ0v) is 16.7. The van der Waals surface area contributed by atoms with Crippen LogP contribution in [0.1, 0.15) is 28.8 Å². The van der Waals surface area contributed by atoms with E-state index >= 15 is 0 Å². The number of alkyl halides is 3. The van der Waals surface area contributed by atoms with E-state index in [1.54, 1.807) is 35.3 Å². The molecule has 0 radical (unpaired) electrons. The Morgan fingerprint density at radius 1 is 1.22 bits per heavy atom. The number of hydrogen-bond donors (Lipinski definition) is 2. The van der Waals surface area contributed by atoms with Gasteiger partial charge in [-0.2, -0.15) is 23.4 Å². The van der Waals surface area contributed by atoms with E-state index in [9.17, 15) is 18.0 Å². The largest absolute Gasteiger partial charge is 0.418 e. The van der Waals surface area contributed by atoms with E-state index in [4.69, 9.17) is 5.73 Å². The van der Waals surface area contributed by atoms with E-state index in [2.05, 4.69) is 20.5 Å². The third kappa shape index (κ3) is 3.77.